The van der Waals surface area contributed by atoms with Gasteiger partial charge in [-0.25, -0.2) is 0 Å². The molecule has 0 amide bonds. The summed E-state index contributed by atoms with van der Waals surface area (Å²) in [5, 5.41) is 11.2. The number of nitrogens with one attached hydrogen (secondary N) is 2. The molecule has 4 rings (SSSR count). The normalized spacial score (nSPS) is 20.9. The quantitative estimate of drug-likeness (QED) is 0.518. The molecule has 0 heterocycles. The number of fused-ring (bicyclic) bond motifs is 1. The van der Waals surface area contributed by atoms with Gasteiger partial charge >= 0.3 is 0 Å². The van der Waals surface area contributed by atoms with Crippen LogP contribution in [0.4, 0.5) is 0 Å². The molecule has 1 aliphatic carbocycles. The summed E-state index contributed by atoms with van der Waals surface area (Å²) in [6, 6.07) is 24.7. The second-order valence-electron chi connectivity index (χ2n) is 7.93. The molecule has 3 aromatic carbocycles. The van der Waals surface area contributed by atoms with Crippen molar-refractivity contribution in [1.29, 1.82) is 0 Å². The van der Waals surface area contributed by atoms with E-state index in [4.69, 9.17) is 11.6 Å². The zero-order valence-corrected chi connectivity index (χ0v) is 17.3. The van der Waals surface area contributed by atoms with Gasteiger partial charge in [-0.05, 0) is 47.7 Å². The average molecular weight is 393 g/mol. The Kier molecular flexibility index (Phi) is 6.31. The van der Waals surface area contributed by atoms with Crippen molar-refractivity contribution in [2.24, 2.45) is 0 Å². The molecule has 0 bridgehead atoms. The first-order valence-electron chi connectivity index (χ1n) is 10.4. The van der Waals surface area contributed by atoms with Gasteiger partial charge in [0.2, 0.25) is 0 Å². The van der Waals surface area contributed by atoms with E-state index >= 15 is 0 Å². The van der Waals surface area contributed by atoms with E-state index < -0.39 is 0 Å². The lowest BCUT2D eigenvalue weighted by Gasteiger charge is -2.35. The van der Waals surface area contributed by atoms with Crippen molar-refractivity contribution >= 4 is 22.4 Å². The minimum absolute atomic E-state index is 0.318. The minimum atomic E-state index is 0.318. The molecule has 28 heavy (non-hydrogen) atoms. The van der Waals surface area contributed by atoms with Crippen LogP contribution in [0.5, 0.6) is 0 Å². The van der Waals surface area contributed by atoms with Gasteiger partial charge in [-0.15, -0.1) is 0 Å². The standard InChI is InChI=1S/C25H29ClN2/c1-18(21-13-8-11-19-9-2-4-12-22(19)21)28-25-16-7-6-15-24(25)27-17-20-10-3-5-14-23(20)26/h2-5,8-14,18,24-25,27-28H,6-7,15-17H2,1H3/t18?,24?,25-/m0/s1. The number of hydrogen-bond donors (Lipinski definition) is 2. The summed E-state index contributed by atoms with van der Waals surface area (Å²) in [6.45, 7) is 3.12. The SMILES string of the molecule is CC(N[C@H]1CCCCC1NCc1ccccc1Cl)c1cccc2ccccc12. The highest BCUT2D eigenvalue weighted by Gasteiger charge is 2.26. The third-order valence-electron chi connectivity index (χ3n) is 6.03. The Balaban J connectivity index is 1.46. The first-order valence-corrected chi connectivity index (χ1v) is 10.8. The Bertz CT molecular complexity index is 918. The van der Waals surface area contributed by atoms with Crippen LogP contribution in [0.2, 0.25) is 5.02 Å². The van der Waals surface area contributed by atoms with Crippen LogP contribution in [0.15, 0.2) is 66.7 Å². The lowest BCUT2D eigenvalue weighted by molar-refractivity contribution is 0.267. The van der Waals surface area contributed by atoms with E-state index in [1.807, 2.05) is 12.1 Å². The van der Waals surface area contributed by atoms with Crippen LogP contribution in [-0.2, 0) is 6.54 Å². The fraction of sp³-hybridized carbons (Fsp3) is 0.360. The first-order chi connectivity index (χ1) is 13.7. The van der Waals surface area contributed by atoms with Crippen molar-refractivity contribution < 1.29 is 0 Å². The molecule has 2 nitrogen and oxygen atoms in total. The largest absolute Gasteiger partial charge is 0.308 e. The lowest BCUT2D eigenvalue weighted by Crippen LogP contribution is -2.50. The minimum Gasteiger partial charge on any atom is -0.308 e. The van der Waals surface area contributed by atoms with Crippen molar-refractivity contribution in [3.63, 3.8) is 0 Å². The van der Waals surface area contributed by atoms with Crippen LogP contribution < -0.4 is 10.6 Å². The molecule has 3 atom stereocenters. The molecule has 0 saturated heterocycles. The van der Waals surface area contributed by atoms with E-state index in [2.05, 4.69) is 72.2 Å². The summed E-state index contributed by atoms with van der Waals surface area (Å²) >= 11 is 6.34. The Morgan fingerprint density at radius 3 is 2.46 bits per heavy atom. The number of halogens is 1. The predicted octanol–water partition coefficient (Wildman–Crippen LogP) is 6.24. The van der Waals surface area contributed by atoms with E-state index in [1.54, 1.807) is 0 Å². The van der Waals surface area contributed by atoms with Crippen molar-refractivity contribution in [3.05, 3.63) is 82.9 Å². The van der Waals surface area contributed by atoms with E-state index in [9.17, 15) is 0 Å². The van der Waals surface area contributed by atoms with Crippen molar-refractivity contribution in [1.82, 2.24) is 10.6 Å². The second-order valence-corrected chi connectivity index (χ2v) is 8.33. The first kappa shape index (κ1) is 19.4. The predicted molar refractivity (Wildman–Crippen MR) is 120 cm³/mol. The maximum atomic E-state index is 6.34. The molecule has 1 fully saturated rings. The average Bonchev–Trinajstić information content (AvgIpc) is 2.73. The second kappa shape index (κ2) is 9.09. The maximum Gasteiger partial charge on any atom is 0.0450 e. The molecule has 1 saturated carbocycles. The van der Waals surface area contributed by atoms with Crippen molar-refractivity contribution in [3.8, 4) is 0 Å². The summed E-state index contributed by atoms with van der Waals surface area (Å²) in [5.74, 6) is 0. The molecule has 3 aromatic rings. The maximum absolute atomic E-state index is 6.34. The third-order valence-corrected chi connectivity index (χ3v) is 6.40. The zero-order chi connectivity index (χ0) is 19.3. The molecule has 0 aromatic heterocycles. The van der Waals surface area contributed by atoms with E-state index in [0.29, 0.717) is 18.1 Å². The van der Waals surface area contributed by atoms with Gasteiger partial charge in [-0.1, -0.05) is 85.1 Å². The fourth-order valence-electron chi connectivity index (χ4n) is 4.50. The molecular formula is C25H29ClN2. The van der Waals surface area contributed by atoms with Gasteiger partial charge in [0.1, 0.15) is 0 Å². The highest BCUT2D eigenvalue weighted by Crippen LogP contribution is 2.27. The topological polar surface area (TPSA) is 24.1 Å². The molecule has 146 valence electrons. The summed E-state index contributed by atoms with van der Waals surface area (Å²) in [6.07, 6.45) is 5.02. The molecule has 2 N–H and O–H groups in total. The Morgan fingerprint density at radius 1 is 0.893 bits per heavy atom. The van der Waals surface area contributed by atoms with Gasteiger partial charge in [-0.2, -0.15) is 0 Å². The van der Waals surface area contributed by atoms with E-state index in [0.717, 1.165) is 11.6 Å². The number of hydrogen-bond acceptors (Lipinski definition) is 2. The summed E-state index contributed by atoms with van der Waals surface area (Å²) in [5.41, 5.74) is 2.56. The highest BCUT2D eigenvalue weighted by molar-refractivity contribution is 6.31. The summed E-state index contributed by atoms with van der Waals surface area (Å²) in [4.78, 5) is 0. The van der Waals surface area contributed by atoms with Crippen molar-refractivity contribution in [2.75, 3.05) is 0 Å². The van der Waals surface area contributed by atoms with Crippen LogP contribution in [0.3, 0.4) is 0 Å². The Labute approximate surface area is 173 Å². The Morgan fingerprint density at radius 2 is 1.61 bits per heavy atom. The van der Waals surface area contributed by atoms with Crippen LogP contribution in [-0.4, -0.2) is 12.1 Å². The number of benzene rings is 3. The van der Waals surface area contributed by atoms with Crippen molar-refractivity contribution in [2.45, 2.75) is 57.3 Å². The fourth-order valence-corrected chi connectivity index (χ4v) is 4.70. The van der Waals surface area contributed by atoms with E-state index in [-0.39, 0.29) is 0 Å². The van der Waals surface area contributed by atoms with Gasteiger partial charge in [0.25, 0.3) is 0 Å². The summed E-state index contributed by atoms with van der Waals surface area (Å²) in [7, 11) is 0. The molecular weight excluding hydrogens is 364 g/mol. The molecule has 0 spiro atoms. The van der Waals surface area contributed by atoms with Crippen LogP contribution in [0.1, 0.15) is 49.8 Å². The third kappa shape index (κ3) is 4.41. The molecule has 1 aliphatic rings. The summed E-state index contributed by atoms with van der Waals surface area (Å²) < 4.78 is 0. The van der Waals surface area contributed by atoms with Crippen LogP contribution >= 0.6 is 11.6 Å². The molecule has 0 radical (unpaired) electrons. The van der Waals surface area contributed by atoms with E-state index in [1.165, 1.54) is 47.6 Å². The van der Waals surface area contributed by atoms with Gasteiger partial charge in [-0.3, -0.25) is 0 Å². The van der Waals surface area contributed by atoms with Crippen LogP contribution in [0.25, 0.3) is 10.8 Å². The monoisotopic (exact) mass is 392 g/mol. The molecule has 2 unspecified atom stereocenters. The van der Waals surface area contributed by atoms with Gasteiger partial charge < -0.3 is 10.6 Å². The van der Waals surface area contributed by atoms with Gasteiger partial charge in [0.05, 0.1) is 0 Å². The van der Waals surface area contributed by atoms with Crippen LogP contribution in [0, 0.1) is 0 Å². The highest BCUT2D eigenvalue weighted by atomic mass is 35.5. The Hall–Kier alpha value is -1.87. The zero-order valence-electron chi connectivity index (χ0n) is 16.5. The lowest BCUT2D eigenvalue weighted by atomic mass is 9.88. The smallest absolute Gasteiger partial charge is 0.0450 e. The van der Waals surface area contributed by atoms with Gasteiger partial charge in [0, 0.05) is 29.7 Å². The van der Waals surface area contributed by atoms with Gasteiger partial charge in [0.15, 0.2) is 0 Å². The number of rotatable bonds is 6. The molecule has 3 heteroatoms. The molecule has 0 aliphatic heterocycles.